The van der Waals surface area contributed by atoms with Gasteiger partial charge < -0.3 is 0 Å². The Morgan fingerprint density at radius 3 is 2.69 bits per heavy atom. The molecule has 0 aromatic heterocycles. The molecular weight excluding hydrogens is 251 g/mol. The third-order valence-corrected chi connectivity index (χ3v) is 4.42. The molecule has 0 saturated heterocycles. The summed E-state index contributed by atoms with van der Waals surface area (Å²) in [5.74, 6) is 0. The Labute approximate surface area is 90.6 Å². The number of hydrogen-bond acceptors (Lipinski definition) is 1. The first-order valence-electron chi connectivity index (χ1n) is 4.26. The molecule has 1 aromatic carbocycles. The summed E-state index contributed by atoms with van der Waals surface area (Å²) in [6, 6.07) is 10.4. The van der Waals surface area contributed by atoms with Gasteiger partial charge in [-0.1, -0.05) is 0 Å². The minimum absolute atomic E-state index is 0.120. The van der Waals surface area contributed by atoms with Gasteiger partial charge in [-0.2, -0.15) is 0 Å². The molecule has 0 bridgehead atoms. The second kappa shape index (κ2) is 6.44. The molecule has 0 N–H and O–H groups in total. The van der Waals surface area contributed by atoms with Crippen LogP contribution in [0.4, 0.5) is 0 Å². The molecule has 0 spiro atoms. The van der Waals surface area contributed by atoms with Crippen molar-refractivity contribution in [3.05, 3.63) is 30.3 Å². The van der Waals surface area contributed by atoms with Crippen molar-refractivity contribution in [1.82, 2.24) is 0 Å². The molecular formula is C10H13ClOSe. The predicted octanol–water partition coefficient (Wildman–Crippen LogP) is 2.04. The fraction of sp³-hybridized carbons (Fsp3) is 0.400. The maximum atomic E-state index is 5.92. The van der Waals surface area contributed by atoms with Gasteiger partial charge in [0.25, 0.3) is 0 Å². The monoisotopic (exact) mass is 264 g/mol. The van der Waals surface area contributed by atoms with Crippen LogP contribution < -0.4 is 4.46 Å². The summed E-state index contributed by atoms with van der Waals surface area (Å²) in [5, 5.41) is 0.937. The zero-order valence-electron chi connectivity index (χ0n) is 7.57. The van der Waals surface area contributed by atoms with Crippen LogP contribution in [0.5, 0.6) is 0 Å². The van der Waals surface area contributed by atoms with Crippen molar-refractivity contribution in [2.24, 2.45) is 0 Å². The summed E-state index contributed by atoms with van der Waals surface area (Å²) in [7, 11) is 0. The van der Waals surface area contributed by atoms with E-state index in [4.69, 9.17) is 16.3 Å². The van der Waals surface area contributed by atoms with E-state index in [1.807, 2.05) is 13.0 Å². The van der Waals surface area contributed by atoms with Crippen LogP contribution in [0.3, 0.4) is 0 Å². The molecule has 0 aliphatic heterocycles. The fourth-order valence-corrected chi connectivity index (χ4v) is 2.97. The third-order valence-electron chi connectivity index (χ3n) is 1.47. The zero-order valence-corrected chi connectivity index (χ0v) is 10.0. The van der Waals surface area contributed by atoms with Crippen LogP contribution in [0.25, 0.3) is 0 Å². The molecule has 1 nitrogen and oxygen atoms in total. The van der Waals surface area contributed by atoms with E-state index in [1.165, 1.54) is 4.46 Å². The molecule has 1 aromatic rings. The third kappa shape index (κ3) is 4.68. The van der Waals surface area contributed by atoms with Gasteiger partial charge in [0.15, 0.2) is 0 Å². The topological polar surface area (TPSA) is 9.23 Å². The van der Waals surface area contributed by atoms with E-state index in [-0.39, 0.29) is 5.56 Å². The van der Waals surface area contributed by atoms with Gasteiger partial charge in [-0.15, -0.1) is 0 Å². The van der Waals surface area contributed by atoms with E-state index in [1.54, 1.807) is 0 Å². The summed E-state index contributed by atoms with van der Waals surface area (Å²) in [6.45, 7) is 2.66. The standard InChI is InChI=1S/C10H13ClOSe/c1-2-12-10(11)8-13-9-6-4-3-5-7-9/h3-7,10H,2,8H2,1H3. The molecule has 72 valence electrons. The molecule has 1 atom stereocenters. The van der Waals surface area contributed by atoms with Gasteiger partial charge in [0.05, 0.1) is 0 Å². The second-order valence-corrected chi connectivity index (χ2v) is 5.27. The Balaban J connectivity index is 2.27. The molecule has 0 aliphatic rings. The number of halogens is 1. The van der Waals surface area contributed by atoms with Crippen molar-refractivity contribution in [3.8, 4) is 0 Å². The van der Waals surface area contributed by atoms with Crippen molar-refractivity contribution in [1.29, 1.82) is 0 Å². The quantitative estimate of drug-likeness (QED) is 0.583. The van der Waals surface area contributed by atoms with E-state index in [2.05, 4.69) is 24.3 Å². The molecule has 0 saturated carbocycles. The molecule has 0 amide bonds. The average molecular weight is 264 g/mol. The Hall–Kier alpha value is -0.0105. The van der Waals surface area contributed by atoms with Crippen LogP contribution >= 0.6 is 11.6 Å². The molecule has 13 heavy (non-hydrogen) atoms. The van der Waals surface area contributed by atoms with E-state index in [0.29, 0.717) is 21.6 Å². The Bertz CT molecular complexity index is 228. The van der Waals surface area contributed by atoms with E-state index < -0.39 is 0 Å². The number of hydrogen-bond donors (Lipinski definition) is 0. The van der Waals surface area contributed by atoms with E-state index in [9.17, 15) is 0 Å². The van der Waals surface area contributed by atoms with E-state index in [0.717, 1.165) is 5.32 Å². The van der Waals surface area contributed by atoms with Gasteiger partial charge in [0, 0.05) is 0 Å². The van der Waals surface area contributed by atoms with Crippen LogP contribution in [0.1, 0.15) is 6.92 Å². The first-order chi connectivity index (χ1) is 6.33. The predicted molar refractivity (Wildman–Crippen MR) is 57.9 cm³/mol. The molecule has 0 fully saturated rings. The van der Waals surface area contributed by atoms with Crippen LogP contribution in [-0.2, 0) is 4.74 Å². The van der Waals surface area contributed by atoms with Crippen LogP contribution in [-0.4, -0.2) is 27.1 Å². The summed E-state index contributed by atoms with van der Waals surface area (Å²) in [5.41, 5.74) is -0.120. The van der Waals surface area contributed by atoms with Crippen LogP contribution in [0.2, 0.25) is 5.32 Å². The molecule has 0 aliphatic carbocycles. The van der Waals surface area contributed by atoms with Gasteiger partial charge in [-0.3, -0.25) is 0 Å². The summed E-state index contributed by atoms with van der Waals surface area (Å²) < 4.78 is 6.62. The fourth-order valence-electron chi connectivity index (χ4n) is 0.907. The normalized spacial score (nSPS) is 12.8. The van der Waals surface area contributed by atoms with E-state index >= 15 is 0 Å². The van der Waals surface area contributed by atoms with Crippen molar-refractivity contribution in [2.45, 2.75) is 17.8 Å². The number of benzene rings is 1. The molecule has 1 rings (SSSR count). The summed E-state index contributed by atoms with van der Waals surface area (Å²) in [4.78, 5) is 0. The number of alkyl halides is 1. The number of rotatable bonds is 5. The minimum atomic E-state index is -0.120. The Kier molecular flexibility index (Phi) is 5.49. The molecule has 3 heteroatoms. The zero-order chi connectivity index (χ0) is 9.52. The Morgan fingerprint density at radius 1 is 1.38 bits per heavy atom. The summed E-state index contributed by atoms with van der Waals surface area (Å²) in [6.07, 6.45) is 0. The van der Waals surface area contributed by atoms with Crippen LogP contribution in [0, 0.1) is 0 Å². The van der Waals surface area contributed by atoms with Crippen molar-refractivity contribution < 1.29 is 4.74 Å². The molecule has 0 radical (unpaired) electrons. The van der Waals surface area contributed by atoms with Crippen molar-refractivity contribution in [3.63, 3.8) is 0 Å². The first-order valence-corrected chi connectivity index (χ1v) is 6.77. The summed E-state index contributed by atoms with van der Waals surface area (Å²) >= 11 is 6.36. The SMILES string of the molecule is CCOC(Cl)C[Se]c1ccccc1. The number of ether oxygens (including phenoxy) is 1. The molecule has 0 heterocycles. The van der Waals surface area contributed by atoms with Gasteiger partial charge in [-0.25, -0.2) is 0 Å². The average Bonchev–Trinajstić information content (AvgIpc) is 2.17. The van der Waals surface area contributed by atoms with Crippen LogP contribution in [0.15, 0.2) is 30.3 Å². The first kappa shape index (κ1) is 11.1. The second-order valence-electron chi connectivity index (χ2n) is 2.49. The Morgan fingerprint density at radius 2 is 2.08 bits per heavy atom. The maximum absolute atomic E-state index is 5.92. The van der Waals surface area contributed by atoms with Crippen molar-refractivity contribution >= 4 is 31.0 Å². The van der Waals surface area contributed by atoms with Gasteiger partial charge >= 0.3 is 90.5 Å². The van der Waals surface area contributed by atoms with Gasteiger partial charge in [0.1, 0.15) is 0 Å². The molecule has 1 unspecified atom stereocenters. The van der Waals surface area contributed by atoms with Gasteiger partial charge in [-0.05, 0) is 0 Å². The van der Waals surface area contributed by atoms with Gasteiger partial charge in [0.2, 0.25) is 0 Å². The van der Waals surface area contributed by atoms with Crippen molar-refractivity contribution in [2.75, 3.05) is 6.61 Å².